The molecule has 0 unspecified atom stereocenters. The Bertz CT molecular complexity index is 665. The smallest absolute Gasteiger partial charge is 0.150 e. The third kappa shape index (κ3) is 2.61. The van der Waals surface area contributed by atoms with Crippen LogP contribution in [0.4, 0.5) is 11.4 Å². The van der Waals surface area contributed by atoms with Crippen LogP contribution >= 0.6 is 0 Å². The summed E-state index contributed by atoms with van der Waals surface area (Å²) < 4.78 is 6.50. The van der Waals surface area contributed by atoms with E-state index in [4.69, 9.17) is 4.74 Å². The molecule has 0 aromatic heterocycles. The maximum Gasteiger partial charge on any atom is 0.150 e. The second-order valence-corrected chi connectivity index (χ2v) is 18.2. The van der Waals surface area contributed by atoms with Crippen LogP contribution in [0.15, 0.2) is 36.4 Å². The Hall–Kier alpha value is -1.53. The first-order valence-corrected chi connectivity index (χ1v) is 14.9. The average molecular weight is 328 g/mol. The van der Waals surface area contributed by atoms with Crippen molar-refractivity contribution in [3.8, 4) is 11.5 Å². The minimum Gasteiger partial charge on any atom is -0.453 e. The zero-order valence-corrected chi connectivity index (χ0v) is 16.4. The molecule has 116 valence electrons. The van der Waals surface area contributed by atoms with Gasteiger partial charge in [-0.1, -0.05) is 63.5 Å². The lowest BCUT2D eigenvalue weighted by Crippen LogP contribution is -2.41. The lowest BCUT2D eigenvalue weighted by molar-refractivity contribution is 0.488. The molecule has 0 amide bonds. The van der Waals surface area contributed by atoms with Crippen LogP contribution in [0.2, 0.25) is 39.3 Å². The lowest BCUT2D eigenvalue weighted by Gasteiger charge is -2.31. The van der Waals surface area contributed by atoms with E-state index in [-0.39, 0.29) is 0 Å². The van der Waals surface area contributed by atoms with Gasteiger partial charge in [0.25, 0.3) is 0 Å². The highest BCUT2D eigenvalue weighted by Crippen LogP contribution is 2.41. The molecule has 2 aromatic carbocycles. The summed E-state index contributed by atoms with van der Waals surface area (Å²) >= 11 is 0. The van der Waals surface area contributed by atoms with Crippen LogP contribution in [0.5, 0.6) is 11.5 Å². The van der Waals surface area contributed by atoms with E-state index >= 15 is 0 Å². The second kappa shape index (κ2) is 5.00. The number of hydrogen-bond donors (Lipinski definition) is 1. The number of rotatable bonds is 2. The van der Waals surface area contributed by atoms with Crippen molar-refractivity contribution in [3.05, 3.63) is 36.4 Å². The third-order valence-electron chi connectivity index (χ3n) is 4.12. The van der Waals surface area contributed by atoms with Crippen molar-refractivity contribution in [2.45, 2.75) is 39.3 Å². The molecule has 2 nitrogen and oxygen atoms in total. The molecule has 0 spiro atoms. The monoisotopic (exact) mass is 327 g/mol. The summed E-state index contributed by atoms with van der Waals surface area (Å²) in [6.07, 6.45) is 0. The van der Waals surface area contributed by atoms with E-state index in [0.29, 0.717) is 0 Å². The summed E-state index contributed by atoms with van der Waals surface area (Å²) in [6.45, 7) is 14.2. The Labute approximate surface area is 135 Å². The van der Waals surface area contributed by atoms with Crippen molar-refractivity contribution in [1.82, 2.24) is 0 Å². The van der Waals surface area contributed by atoms with E-state index in [9.17, 15) is 0 Å². The highest BCUT2D eigenvalue weighted by atomic mass is 28.3. The van der Waals surface area contributed by atoms with Crippen molar-refractivity contribution in [1.29, 1.82) is 0 Å². The van der Waals surface area contributed by atoms with Crippen LogP contribution < -0.4 is 20.4 Å². The summed E-state index contributed by atoms with van der Waals surface area (Å²) in [4.78, 5) is 0. The van der Waals surface area contributed by atoms with Gasteiger partial charge in [0.05, 0.1) is 27.5 Å². The van der Waals surface area contributed by atoms with Gasteiger partial charge in [0.2, 0.25) is 0 Å². The van der Waals surface area contributed by atoms with Crippen molar-refractivity contribution in [2.75, 3.05) is 5.32 Å². The van der Waals surface area contributed by atoms with Gasteiger partial charge in [-0.2, -0.15) is 0 Å². The summed E-state index contributed by atoms with van der Waals surface area (Å²) in [6, 6.07) is 13.0. The van der Waals surface area contributed by atoms with E-state index in [1.165, 1.54) is 10.4 Å². The first-order valence-electron chi connectivity index (χ1n) is 7.90. The molecular weight excluding hydrogens is 302 g/mol. The number of para-hydroxylation sites is 2. The summed E-state index contributed by atoms with van der Waals surface area (Å²) in [5, 5.41) is 6.35. The first kappa shape index (κ1) is 15.4. The molecule has 0 bridgehead atoms. The van der Waals surface area contributed by atoms with Crippen LogP contribution in [-0.4, -0.2) is 16.1 Å². The van der Waals surface area contributed by atoms with E-state index in [0.717, 1.165) is 22.9 Å². The Kier molecular flexibility index (Phi) is 3.49. The molecule has 0 saturated heterocycles. The topological polar surface area (TPSA) is 21.3 Å². The van der Waals surface area contributed by atoms with Crippen molar-refractivity contribution >= 4 is 37.9 Å². The summed E-state index contributed by atoms with van der Waals surface area (Å²) in [5.74, 6) is 2.08. The van der Waals surface area contributed by atoms with Gasteiger partial charge >= 0.3 is 0 Å². The second-order valence-electron chi connectivity index (χ2n) is 8.09. The molecule has 1 heterocycles. The quantitative estimate of drug-likeness (QED) is 0.693. The highest BCUT2D eigenvalue weighted by molar-refractivity contribution is 6.90. The normalized spacial score (nSPS) is 13.7. The molecule has 4 heteroatoms. The van der Waals surface area contributed by atoms with E-state index in [1.807, 2.05) is 0 Å². The van der Waals surface area contributed by atoms with Gasteiger partial charge in [0.15, 0.2) is 0 Å². The molecule has 0 saturated carbocycles. The Morgan fingerprint density at radius 3 is 1.45 bits per heavy atom. The predicted octanol–water partition coefficient (Wildman–Crippen LogP) is 4.63. The van der Waals surface area contributed by atoms with Gasteiger partial charge in [-0.15, -0.1) is 0 Å². The van der Waals surface area contributed by atoms with Gasteiger partial charge in [-0.3, -0.25) is 0 Å². The third-order valence-corrected chi connectivity index (χ3v) is 8.14. The number of hydrogen-bond acceptors (Lipinski definition) is 2. The van der Waals surface area contributed by atoms with Crippen LogP contribution in [0, 0.1) is 0 Å². The van der Waals surface area contributed by atoms with Crippen molar-refractivity contribution < 1.29 is 4.74 Å². The largest absolute Gasteiger partial charge is 0.453 e. The standard InChI is InChI=1S/C18H25NOSi2/c1-21(2,3)15-11-7-9-13-17(15)20-18-14(19-13)10-8-12-16(18)22(4,5)6/h7-12,19H,1-6H3. The Morgan fingerprint density at radius 1 is 0.682 bits per heavy atom. The Morgan fingerprint density at radius 2 is 1.09 bits per heavy atom. The average Bonchev–Trinajstić information content (AvgIpc) is 2.41. The van der Waals surface area contributed by atoms with E-state index in [2.05, 4.69) is 81.0 Å². The van der Waals surface area contributed by atoms with E-state index in [1.54, 1.807) is 0 Å². The van der Waals surface area contributed by atoms with Gasteiger partial charge in [-0.25, -0.2) is 0 Å². The van der Waals surface area contributed by atoms with E-state index < -0.39 is 16.1 Å². The Balaban J connectivity index is 2.17. The van der Waals surface area contributed by atoms with Crippen molar-refractivity contribution in [3.63, 3.8) is 0 Å². The number of ether oxygens (including phenoxy) is 1. The molecule has 22 heavy (non-hydrogen) atoms. The fourth-order valence-corrected chi connectivity index (χ4v) is 5.85. The number of fused-ring (bicyclic) bond motifs is 2. The maximum absolute atomic E-state index is 6.50. The summed E-state index contributed by atoms with van der Waals surface area (Å²) in [5.41, 5.74) is 2.19. The molecule has 1 N–H and O–H groups in total. The first-order chi connectivity index (χ1) is 10.2. The van der Waals surface area contributed by atoms with Crippen molar-refractivity contribution in [2.24, 2.45) is 0 Å². The molecule has 2 aromatic rings. The van der Waals surface area contributed by atoms with Gasteiger partial charge in [0.1, 0.15) is 11.5 Å². The van der Waals surface area contributed by atoms with Crippen LogP contribution in [0.1, 0.15) is 0 Å². The number of anilines is 2. The summed E-state index contributed by atoms with van der Waals surface area (Å²) in [7, 11) is -2.90. The zero-order chi connectivity index (χ0) is 16.1. The van der Waals surface area contributed by atoms with Crippen LogP contribution in [0.3, 0.4) is 0 Å². The SMILES string of the molecule is C[Si](C)(C)c1cccc2c1Oc1c(cccc1[Si](C)(C)C)N2. The molecule has 3 rings (SSSR count). The zero-order valence-electron chi connectivity index (χ0n) is 14.4. The minimum absolute atomic E-state index is 1.04. The maximum atomic E-state index is 6.50. The van der Waals surface area contributed by atoms with Gasteiger partial charge in [-0.05, 0) is 22.5 Å². The molecule has 0 radical (unpaired) electrons. The molecule has 1 aliphatic heterocycles. The fraction of sp³-hybridized carbons (Fsp3) is 0.333. The molecular formula is C18H25NOSi2. The molecule has 0 atom stereocenters. The van der Waals surface area contributed by atoms with Gasteiger partial charge < -0.3 is 10.1 Å². The van der Waals surface area contributed by atoms with Crippen LogP contribution in [0.25, 0.3) is 0 Å². The number of nitrogens with one attached hydrogen (secondary N) is 1. The predicted molar refractivity (Wildman–Crippen MR) is 102 cm³/mol. The van der Waals surface area contributed by atoms with Gasteiger partial charge in [0, 0.05) is 0 Å². The lowest BCUT2D eigenvalue weighted by atomic mass is 10.2. The fourth-order valence-electron chi connectivity index (χ4n) is 2.92. The highest BCUT2D eigenvalue weighted by Gasteiger charge is 2.30. The molecule has 0 aliphatic carbocycles. The molecule has 1 aliphatic rings. The molecule has 0 fully saturated rings. The van der Waals surface area contributed by atoms with Crippen LogP contribution in [-0.2, 0) is 0 Å². The number of benzene rings is 2. The minimum atomic E-state index is -1.45.